The molecule has 88 valence electrons. The van der Waals surface area contributed by atoms with Crippen molar-refractivity contribution >= 4 is 21.9 Å². The molecule has 0 radical (unpaired) electrons. The Kier molecular flexibility index (Phi) is 5.93. The van der Waals surface area contributed by atoms with Crippen LogP contribution in [0.3, 0.4) is 0 Å². The van der Waals surface area contributed by atoms with Crippen molar-refractivity contribution in [3.05, 3.63) is 30.3 Å². The summed E-state index contributed by atoms with van der Waals surface area (Å²) in [6.07, 6.45) is 0.634. The molecule has 0 aliphatic carbocycles. The van der Waals surface area contributed by atoms with Crippen LogP contribution >= 0.6 is 15.9 Å². The Hall–Kier alpha value is -1.03. The van der Waals surface area contributed by atoms with Gasteiger partial charge in [0.15, 0.2) is 0 Å². The van der Waals surface area contributed by atoms with Crippen molar-refractivity contribution in [3.8, 4) is 5.75 Å². The number of benzene rings is 1. The highest BCUT2D eigenvalue weighted by atomic mass is 79.9. The van der Waals surface area contributed by atoms with Gasteiger partial charge in [-0.05, 0) is 18.6 Å². The molecule has 0 fully saturated rings. The van der Waals surface area contributed by atoms with Gasteiger partial charge in [0.1, 0.15) is 5.75 Å². The fourth-order valence-corrected chi connectivity index (χ4v) is 1.45. The average Bonchev–Trinajstić information content (AvgIpc) is 2.27. The van der Waals surface area contributed by atoms with Crippen molar-refractivity contribution in [2.75, 3.05) is 5.33 Å². The lowest BCUT2D eigenvalue weighted by atomic mass is 10.3. The number of alkyl halides is 1. The molecule has 16 heavy (non-hydrogen) atoms. The molecular weight excluding hydrogens is 272 g/mol. The summed E-state index contributed by atoms with van der Waals surface area (Å²) in [5.41, 5.74) is 0. The summed E-state index contributed by atoms with van der Waals surface area (Å²) in [6.45, 7) is 1.71. The second kappa shape index (κ2) is 7.28. The Morgan fingerprint density at radius 3 is 2.69 bits per heavy atom. The third kappa shape index (κ3) is 5.16. The molecule has 0 aliphatic rings. The molecule has 1 aromatic carbocycles. The van der Waals surface area contributed by atoms with Crippen molar-refractivity contribution in [1.82, 2.24) is 0 Å². The molecule has 0 amide bonds. The first-order chi connectivity index (χ1) is 7.72. The lowest BCUT2D eigenvalue weighted by molar-refractivity contribution is -0.161. The van der Waals surface area contributed by atoms with Crippen LogP contribution in [0.5, 0.6) is 5.75 Å². The third-order valence-corrected chi connectivity index (χ3v) is 2.42. The fourth-order valence-electron chi connectivity index (χ4n) is 1.17. The monoisotopic (exact) mass is 286 g/mol. The number of carbonyl (C=O) groups excluding carboxylic acids is 1. The summed E-state index contributed by atoms with van der Waals surface area (Å²) in [5, 5.41) is 0.802. The molecule has 0 heterocycles. The number of esters is 1. The highest BCUT2D eigenvalue weighted by Crippen LogP contribution is 2.11. The molecule has 0 saturated carbocycles. The van der Waals surface area contributed by atoms with Crippen LogP contribution in [0.15, 0.2) is 30.3 Å². The molecule has 1 aromatic rings. The quantitative estimate of drug-likeness (QED) is 0.458. The summed E-state index contributed by atoms with van der Waals surface area (Å²) in [4.78, 5) is 11.3. The van der Waals surface area contributed by atoms with Crippen LogP contribution in [0, 0.1) is 0 Å². The van der Waals surface area contributed by atoms with Gasteiger partial charge in [-0.1, -0.05) is 34.1 Å². The predicted octanol–water partition coefficient (Wildman–Crippen LogP) is 3.13. The summed E-state index contributed by atoms with van der Waals surface area (Å²) < 4.78 is 10.5. The fraction of sp³-hybridized carbons (Fsp3) is 0.417. The zero-order valence-corrected chi connectivity index (χ0v) is 10.8. The Morgan fingerprint density at radius 2 is 2.06 bits per heavy atom. The van der Waals surface area contributed by atoms with E-state index >= 15 is 0 Å². The van der Waals surface area contributed by atoms with Crippen molar-refractivity contribution in [2.45, 2.75) is 26.1 Å². The van der Waals surface area contributed by atoms with Crippen molar-refractivity contribution in [2.24, 2.45) is 0 Å². The number of carbonyl (C=O) groups is 1. The molecule has 1 atom stereocenters. The highest BCUT2D eigenvalue weighted by Gasteiger charge is 2.09. The van der Waals surface area contributed by atoms with Crippen LogP contribution in [0.2, 0.25) is 0 Å². The zero-order valence-electron chi connectivity index (χ0n) is 9.19. The summed E-state index contributed by atoms with van der Waals surface area (Å²) in [7, 11) is 0. The van der Waals surface area contributed by atoms with E-state index in [1.807, 2.05) is 30.3 Å². The molecule has 3 nitrogen and oxygen atoms in total. The lowest BCUT2D eigenvalue weighted by Gasteiger charge is -2.14. The third-order valence-electron chi connectivity index (χ3n) is 1.86. The maximum Gasteiger partial charge on any atom is 0.308 e. The minimum Gasteiger partial charge on any atom is -0.455 e. The first-order valence-electron chi connectivity index (χ1n) is 5.19. The largest absolute Gasteiger partial charge is 0.455 e. The van der Waals surface area contributed by atoms with Gasteiger partial charge in [-0.15, -0.1) is 0 Å². The highest BCUT2D eigenvalue weighted by molar-refractivity contribution is 9.09. The van der Waals surface area contributed by atoms with Crippen LogP contribution < -0.4 is 4.74 Å². The normalized spacial score (nSPS) is 11.9. The van der Waals surface area contributed by atoms with E-state index in [4.69, 9.17) is 9.47 Å². The number of rotatable bonds is 6. The van der Waals surface area contributed by atoms with E-state index in [0.717, 1.165) is 11.8 Å². The standard InChI is InChI=1S/C12H15BrO3/c1-10(16-12(14)8-5-9-13)15-11-6-3-2-4-7-11/h2-4,6-7,10H,5,8-9H2,1H3. The van der Waals surface area contributed by atoms with Crippen molar-refractivity contribution in [1.29, 1.82) is 0 Å². The van der Waals surface area contributed by atoms with Gasteiger partial charge < -0.3 is 9.47 Å². The van der Waals surface area contributed by atoms with Crippen molar-refractivity contribution in [3.63, 3.8) is 0 Å². The Balaban J connectivity index is 2.30. The Bertz CT molecular complexity index is 313. The molecule has 0 N–H and O–H groups in total. The topological polar surface area (TPSA) is 35.5 Å². The van der Waals surface area contributed by atoms with Crippen LogP contribution in [0.1, 0.15) is 19.8 Å². The van der Waals surface area contributed by atoms with Crippen LogP contribution in [0.4, 0.5) is 0 Å². The van der Waals surface area contributed by atoms with Gasteiger partial charge >= 0.3 is 5.97 Å². The van der Waals surface area contributed by atoms with Crippen LogP contribution in [-0.4, -0.2) is 17.6 Å². The Labute approximate surface area is 104 Å². The van der Waals surface area contributed by atoms with Gasteiger partial charge in [-0.2, -0.15) is 0 Å². The number of halogens is 1. The average molecular weight is 287 g/mol. The van der Waals surface area contributed by atoms with Gasteiger partial charge in [-0.3, -0.25) is 4.79 Å². The SMILES string of the molecule is CC(OC(=O)CCCBr)Oc1ccccc1. The van der Waals surface area contributed by atoms with E-state index in [2.05, 4.69) is 15.9 Å². The summed E-state index contributed by atoms with van der Waals surface area (Å²) >= 11 is 3.26. The van der Waals surface area contributed by atoms with Gasteiger partial charge in [-0.25, -0.2) is 0 Å². The molecule has 1 rings (SSSR count). The number of ether oxygens (including phenoxy) is 2. The maximum atomic E-state index is 11.3. The van der Waals surface area contributed by atoms with E-state index in [1.54, 1.807) is 6.92 Å². The molecular formula is C12H15BrO3. The second-order valence-electron chi connectivity index (χ2n) is 3.28. The minimum absolute atomic E-state index is 0.233. The van der Waals surface area contributed by atoms with Crippen molar-refractivity contribution < 1.29 is 14.3 Å². The summed E-state index contributed by atoms with van der Waals surface area (Å²) in [5.74, 6) is 0.464. The smallest absolute Gasteiger partial charge is 0.308 e. The maximum absolute atomic E-state index is 11.3. The molecule has 0 spiro atoms. The molecule has 4 heteroatoms. The molecule has 0 aromatic heterocycles. The zero-order chi connectivity index (χ0) is 11.8. The number of hydrogen-bond donors (Lipinski definition) is 0. The predicted molar refractivity (Wildman–Crippen MR) is 65.7 cm³/mol. The molecule has 1 unspecified atom stereocenters. The Morgan fingerprint density at radius 1 is 1.38 bits per heavy atom. The lowest BCUT2D eigenvalue weighted by Crippen LogP contribution is -2.20. The number of para-hydroxylation sites is 1. The summed E-state index contributed by atoms with van der Waals surface area (Å²) in [6, 6.07) is 9.29. The molecule has 0 bridgehead atoms. The van der Waals surface area contributed by atoms with E-state index in [1.165, 1.54) is 0 Å². The van der Waals surface area contributed by atoms with E-state index in [0.29, 0.717) is 12.2 Å². The first-order valence-corrected chi connectivity index (χ1v) is 6.31. The molecule has 0 saturated heterocycles. The molecule has 0 aliphatic heterocycles. The minimum atomic E-state index is -0.551. The first kappa shape index (κ1) is 13.0. The van der Waals surface area contributed by atoms with Crippen LogP contribution in [-0.2, 0) is 9.53 Å². The van der Waals surface area contributed by atoms with Gasteiger partial charge in [0.25, 0.3) is 0 Å². The van der Waals surface area contributed by atoms with E-state index in [-0.39, 0.29) is 5.97 Å². The van der Waals surface area contributed by atoms with E-state index < -0.39 is 6.29 Å². The van der Waals surface area contributed by atoms with Crippen LogP contribution in [0.25, 0.3) is 0 Å². The van der Waals surface area contributed by atoms with Gasteiger partial charge in [0, 0.05) is 18.7 Å². The van der Waals surface area contributed by atoms with E-state index in [9.17, 15) is 4.79 Å². The van der Waals surface area contributed by atoms with Gasteiger partial charge in [0.05, 0.1) is 0 Å². The van der Waals surface area contributed by atoms with Gasteiger partial charge in [0.2, 0.25) is 6.29 Å². The number of hydrogen-bond acceptors (Lipinski definition) is 3. The second-order valence-corrected chi connectivity index (χ2v) is 4.07.